The van der Waals surface area contributed by atoms with Gasteiger partial charge in [-0.2, -0.15) is 4.98 Å². The van der Waals surface area contributed by atoms with Crippen molar-refractivity contribution in [1.82, 2.24) is 14.6 Å². The van der Waals surface area contributed by atoms with E-state index in [0.717, 1.165) is 24.2 Å². The molecule has 0 bridgehead atoms. The maximum absolute atomic E-state index is 9.03. The number of pyridine rings is 1. The standard InChI is InChI=1S/C13H18N4O/c1-10-3-2-7-17-11(10)15-12(16-17)14-9-13(4-5-13)6-8-18/h2-3,7,18H,4-6,8-9H2,1H3,(H,14,16). The summed E-state index contributed by atoms with van der Waals surface area (Å²) in [4.78, 5) is 4.48. The van der Waals surface area contributed by atoms with E-state index in [2.05, 4.69) is 15.4 Å². The zero-order valence-corrected chi connectivity index (χ0v) is 10.6. The molecule has 0 saturated heterocycles. The highest BCUT2D eigenvalue weighted by molar-refractivity contribution is 5.49. The predicted octanol–water partition coefficient (Wildman–Crippen LogP) is 1.61. The predicted molar refractivity (Wildman–Crippen MR) is 69.6 cm³/mol. The molecule has 1 aliphatic carbocycles. The van der Waals surface area contributed by atoms with E-state index in [1.165, 1.54) is 12.8 Å². The average Bonchev–Trinajstić information content (AvgIpc) is 2.98. The van der Waals surface area contributed by atoms with Gasteiger partial charge in [-0.15, -0.1) is 5.10 Å². The minimum atomic E-state index is 0.263. The first-order chi connectivity index (χ1) is 8.72. The number of hydrogen-bond acceptors (Lipinski definition) is 4. The van der Waals surface area contributed by atoms with Crippen molar-refractivity contribution in [3.63, 3.8) is 0 Å². The Morgan fingerprint density at radius 2 is 2.33 bits per heavy atom. The highest BCUT2D eigenvalue weighted by atomic mass is 16.3. The number of aliphatic hydroxyl groups excluding tert-OH is 1. The van der Waals surface area contributed by atoms with E-state index in [1.54, 1.807) is 4.52 Å². The van der Waals surface area contributed by atoms with Crippen molar-refractivity contribution in [2.24, 2.45) is 5.41 Å². The van der Waals surface area contributed by atoms with Crippen LogP contribution >= 0.6 is 0 Å². The van der Waals surface area contributed by atoms with Gasteiger partial charge in [-0.25, -0.2) is 4.52 Å². The van der Waals surface area contributed by atoms with Gasteiger partial charge in [0.05, 0.1) is 0 Å². The van der Waals surface area contributed by atoms with Crippen LogP contribution in [0.3, 0.4) is 0 Å². The number of hydrogen-bond donors (Lipinski definition) is 2. The van der Waals surface area contributed by atoms with Crippen LogP contribution in [-0.2, 0) is 0 Å². The molecule has 0 aliphatic heterocycles. The Morgan fingerprint density at radius 1 is 1.50 bits per heavy atom. The molecular formula is C13H18N4O. The first kappa shape index (κ1) is 11.5. The number of nitrogens with one attached hydrogen (secondary N) is 1. The Labute approximate surface area is 106 Å². The molecule has 1 aliphatic rings. The largest absolute Gasteiger partial charge is 0.396 e. The Bertz CT molecular complexity index is 559. The maximum Gasteiger partial charge on any atom is 0.243 e. The van der Waals surface area contributed by atoms with Crippen molar-refractivity contribution in [2.45, 2.75) is 26.2 Å². The quantitative estimate of drug-likeness (QED) is 0.841. The van der Waals surface area contributed by atoms with Crippen LogP contribution in [0.2, 0.25) is 0 Å². The third-order valence-electron chi connectivity index (χ3n) is 3.78. The fourth-order valence-electron chi connectivity index (χ4n) is 2.31. The second kappa shape index (κ2) is 4.24. The Kier molecular flexibility index (Phi) is 2.70. The van der Waals surface area contributed by atoms with Crippen molar-refractivity contribution < 1.29 is 5.11 Å². The molecule has 0 aromatic carbocycles. The van der Waals surface area contributed by atoms with Crippen LogP contribution in [0, 0.1) is 12.3 Å². The molecule has 2 aromatic heterocycles. The molecule has 3 rings (SSSR count). The summed E-state index contributed by atoms with van der Waals surface area (Å²) in [5.74, 6) is 0.675. The minimum absolute atomic E-state index is 0.263. The number of aliphatic hydroxyl groups is 1. The summed E-state index contributed by atoms with van der Waals surface area (Å²) in [7, 11) is 0. The third kappa shape index (κ3) is 2.06. The van der Waals surface area contributed by atoms with E-state index in [9.17, 15) is 0 Å². The zero-order valence-electron chi connectivity index (χ0n) is 10.6. The van der Waals surface area contributed by atoms with Crippen LogP contribution in [0.5, 0.6) is 0 Å². The van der Waals surface area contributed by atoms with Gasteiger partial charge < -0.3 is 10.4 Å². The Balaban J connectivity index is 1.73. The fraction of sp³-hybridized carbons (Fsp3) is 0.538. The fourth-order valence-corrected chi connectivity index (χ4v) is 2.31. The van der Waals surface area contributed by atoms with E-state index >= 15 is 0 Å². The second-order valence-electron chi connectivity index (χ2n) is 5.22. The summed E-state index contributed by atoms with van der Waals surface area (Å²) in [6.45, 7) is 3.14. The van der Waals surface area contributed by atoms with E-state index in [-0.39, 0.29) is 12.0 Å². The van der Waals surface area contributed by atoms with Crippen LogP contribution in [0.25, 0.3) is 5.65 Å². The van der Waals surface area contributed by atoms with E-state index in [0.29, 0.717) is 5.95 Å². The van der Waals surface area contributed by atoms with Gasteiger partial charge in [0, 0.05) is 19.3 Å². The average molecular weight is 246 g/mol. The van der Waals surface area contributed by atoms with Crippen LogP contribution < -0.4 is 5.32 Å². The van der Waals surface area contributed by atoms with Gasteiger partial charge in [0.15, 0.2) is 5.65 Å². The van der Waals surface area contributed by atoms with Gasteiger partial charge in [0.2, 0.25) is 5.95 Å². The highest BCUT2D eigenvalue weighted by Crippen LogP contribution is 2.48. The molecule has 1 fully saturated rings. The van der Waals surface area contributed by atoms with Crippen molar-refractivity contribution >= 4 is 11.6 Å². The summed E-state index contributed by atoms with van der Waals surface area (Å²) < 4.78 is 1.79. The number of rotatable bonds is 5. The third-order valence-corrected chi connectivity index (χ3v) is 3.78. The van der Waals surface area contributed by atoms with Gasteiger partial charge in [0.1, 0.15) is 0 Å². The number of aromatic nitrogens is 3. The van der Waals surface area contributed by atoms with Gasteiger partial charge in [0.25, 0.3) is 0 Å². The van der Waals surface area contributed by atoms with Gasteiger partial charge in [-0.05, 0) is 43.2 Å². The number of aryl methyl sites for hydroxylation is 1. The summed E-state index contributed by atoms with van der Waals surface area (Å²) >= 11 is 0. The molecule has 96 valence electrons. The van der Waals surface area contributed by atoms with Crippen LogP contribution in [0.1, 0.15) is 24.8 Å². The number of fused-ring (bicyclic) bond motifs is 1. The van der Waals surface area contributed by atoms with Gasteiger partial charge in [-0.3, -0.25) is 0 Å². The molecule has 1 saturated carbocycles. The molecule has 0 amide bonds. The molecule has 0 spiro atoms. The summed E-state index contributed by atoms with van der Waals surface area (Å²) in [6, 6.07) is 4.00. The lowest BCUT2D eigenvalue weighted by atomic mass is 10.0. The summed E-state index contributed by atoms with van der Waals surface area (Å²) in [5, 5.41) is 16.7. The van der Waals surface area contributed by atoms with Gasteiger partial charge in [-0.1, -0.05) is 6.07 Å². The summed E-state index contributed by atoms with van der Waals surface area (Å²) in [6.07, 6.45) is 5.15. The highest BCUT2D eigenvalue weighted by Gasteiger charge is 2.41. The van der Waals surface area contributed by atoms with Gasteiger partial charge >= 0.3 is 0 Å². The molecule has 2 heterocycles. The lowest BCUT2D eigenvalue weighted by Gasteiger charge is -2.12. The molecule has 5 nitrogen and oxygen atoms in total. The Morgan fingerprint density at radius 3 is 3.00 bits per heavy atom. The maximum atomic E-state index is 9.03. The summed E-state index contributed by atoms with van der Waals surface area (Å²) in [5.41, 5.74) is 2.29. The van der Waals surface area contributed by atoms with Crippen molar-refractivity contribution in [3.05, 3.63) is 23.9 Å². The molecule has 0 unspecified atom stereocenters. The van der Waals surface area contributed by atoms with E-state index < -0.39 is 0 Å². The van der Waals surface area contributed by atoms with Crippen LogP contribution in [-0.4, -0.2) is 32.9 Å². The molecule has 5 heteroatoms. The zero-order chi connectivity index (χ0) is 12.6. The molecule has 0 radical (unpaired) electrons. The molecule has 2 N–H and O–H groups in total. The SMILES string of the molecule is Cc1cccn2nc(NCC3(CCO)CC3)nc12. The molecule has 0 atom stereocenters. The molecule has 18 heavy (non-hydrogen) atoms. The number of anilines is 1. The Hall–Kier alpha value is -1.62. The van der Waals surface area contributed by atoms with Crippen LogP contribution in [0.4, 0.5) is 5.95 Å². The number of nitrogens with zero attached hydrogens (tertiary/aromatic N) is 3. The van der Waals surface area contributed by atoms with E-state index in [1.807, 2.05) is 25.3 Å². The van der Waals surface area contributed by atoms with Crippen molar-refractivity contribution in [2.75, 3.05) is 18.5 Å². The minimum Gasteiger partial charge on any atom is -0.396 e. The first-order valence-electron chi connectivity index (χ1n) is 6.39. The van der Waals surface area contributed by atoms with Crippen molar-refractivity contribution in [3.8, 4) is 0 Å². The normalized spacial score (nSPS) is 17.0. The molecular weight excluding hydrogens is 228 g/mol. The smallest absolute Gasteiger partial charge is 0.243 e. The lowest BCUT2D eigenvalue weighted by molar-refractivity contribution is 0.253. The van der Waals surface area contributed by atoms with Crippen LogP contribution in [0.15, 0.2) is 18.3 Å². The first-order valence-corrected chi connectivity index (χ1v) is 6.39. The lowest BCUT2D eigenvalue weighted by Crippen LogP contribution is -2.17. The van der Waals surface area contributed by atoms with E-state index in [4.69, 9.17) is 5.11 Å². The topological polar surface area (TPSA) is 62.5 Å². The van der Waals surface area contributed by atoms with Crippen molar-refractivity contribution in [1.29, 1.82) is 0 Å². The monoisotopic (exact) mass is 246 g/mol. The second-order valence-corrected chi connectivity index (χ2v) is 5.22. The molecule has 2 aromatic rings.